The van der Waals surface area contributed by atoms with Crippen molar-refractivity contribution in [1.29, 1.82) is 0 Å². The second-order valence-corrected chi connectivity index (χ2v) is 12.0. The molecular weight excluding hydrogens is 571 g/mol. The number of halogens is 4. The summed E-state index contributed by atoms with van der Waals surface area (Å²) in [5, 5.41) is 9.87. The van der Waals surface area contributed by atoms with E-state index in [-0.39, 0.29) is 48.0 Å². The number of aromatic nitrogens is 2. The maximum Gasteiger partial charge on any atom is 0.416 e. The topological polar surface area (TPSA) is 82.0 Å². The highest BCUT2D eigenvalue weighted by atomic mass is 35.5. The summed E-state index contributed by atoms with van der Waals surface area (Å²) >= 11 is 6.14. The third-order valence-electron chi connectivity index (χ3n) is 8.15. The maximum atomic E-state index is 13.6. The molecule has 3 heterocycles. The van der Waals surface area contributed by atoms with E-state index in [0.29, 0.717) is 63.1 Å². The standard InChI is InChI=1S/C30H41ClF3N5O3/c1-5-23-14-25(15-24(6-2)39(23)29(41)42-19(3)4)38(18-20-11-21(30(32,33)34)13-22(31)12-20)28-35-16-26(17-36-28)37-9-7-27(40)8-10-37/h11-13,16-17,19,23-25,27,40H,5-10,14-15,18H2,1-4H3/t23-,24+,25?. The zero-order valence-electron chi connectivity index (χ0n) is 24.6. The van der Waals surface area contributed by atoms with Crippen molar-refractivity contribution in [3.05, 3.63) is 46.7 Å². The van der Waals surface area contributed by atoms with Crippen LogP contribution in [0.3, 0.4) is 0 Å². The van der Waals surface area contributed by atoms with Gasteiger partial charge in [0.15, 0.2) is 0 Å². The number of alkyl halides is 3. The van der Waals surface area contributed by atoms with Crippen LogP contribution in [0.2, 0.25) is 5.02 Å². The SMILES string of the molecule is CC[C@@H]1CC(N(Cc2cc(Cl)cc(C(F)(F)F)c2)c2ncc(N3CCC(O)CC3)cn2)C[C@H](CC)N1C(=O)OC(C)C. The summed E-state index contributed by atoms with van der Waals surface area (Å²) in [6, 6.07) is 3.21. The molecule has 12 heteroatoms. The first kappa shape index (κ1) is 32.1. The minimum Gasteiger partial charge on any atom is -0.447 e. The Hall–Kier alpha value is -2.79. The van der Waals surface area contributed by atoms with Crippen LogP contribution in [0, 0.1) is 0 Å². The Balaban J connectivity index is 1.67. The van der Waals surface area contributed by atoms with E-state index in [1.54, 1.807) is 18.5 Å². The van der Waals surface area contributed by atoms with E-state index < -0.39 is 11.7 Å². The van der Waals surface area contributed by atoms with Crippen molar-refractivity contribution < 1.29 is 27.8 Å². The van der Waals surface area contributed by atoms with Crippen LogP contribution in [0.15, 0.2) is 30.6 Å². The number of benzene rings is 1. The van der Waals surface area contributed by atoms with Crippen molar-refractivity contribution in [3.63, 3.8) is 0 Å². The van der Waals surface area contributed by atoms with Crippen LogP contribution < -0.4 is 9.80 Å². The summed E-state index contributed by atoms with van der Waals surface area (Å²) in [5.74, 6) is 0.400. The molecule has 0 bridgehead atoms. The molecule has 4 rings (SSSR count). The van der Waals surface area contributed by atoms with Gasteiger partial charge in [0.25, 0.3) is 0 Å². The lowest BCUT2D eigenvalue weighted by Gasteiger charge is -2.47. The number of nitrogens with zero attached hydrogens (tertiary/aromatic N) is 5. The van der Waals surface area contributed by atoms with Gasteiger partial charge in [0.1, 0.15) is 0 Å². The van der Waals surface area contributed by atoms with E-state index >= 15 is 0 Å². The van der Waals surface area contributed by atoms with E-state index in [1.807, 2.05) is 37.5 Å². The number of ether oxygens (including phenoxy) is 1. The van der Waals surface area contributed by atoms with Crippen LogP contribution in [-0.2, 0) is 17.5 Å². The average Bonchev–Trinajstić information content (AvgIpc) is 2.94. The molecule has 1 aromatic carbocycles. The van der Waals surface area contributed by atoms with Gasteiger partial charge in [-0.1, -0.05) is 25.4 Å². The predicted octanol–water partition coefficient (Wildman–Crippen LogP) is 6.68. The van der Waals surface area contributed by atoms with E-state index in [9.17, 15) is 23.1 Å². The van der Waals surface area contributed by atoms with Gasteiger partial charge in [0.05, 0.1) is 35.9 Å². The van der Waals surface area contributed by atoms with Crippen molar-refractivity contribution in [2.45, 2.75) is 109 Å². The number of aliphatic hydroxyl groups excluding tert-OH is 1. The zero-order chi connectivity index (χ0) is 30.6. The fourth-order valence-corrected chi connectivity index (χ4v) is 6.26. The molecule has 2 aromatic rings. The van der Waals surface area contributed by atoms with Crippen LogP contribution in [-0.4, -0.2) is 69.5 Å². The van der Waals surface area contributed by atoms with Crippen molar-refractivity contribution in [1.82, 2.24) is 14.9 Å². The summed E-state index contributed by atoms with van der Waals surface area (Å²) in [6.45, 7) is 9.19. The number of carbonyl (C=O) groups excluding carboxylic acids is 1. The highest BCUT2D eigenvalue weighted by molar-refractivity contribution is 6.30. The van der Waals surface area contributed by atoms with E-state index in [2.05, 4.69) is 14.9 Å². The fourth-order valence-electron chi connectivity index (χ4n) is 6.01. The first-order chi connectivity index (χ1) is 19.9. The largest absolute Gasteiger partial charge is 0.447 e. The number of likely N-dealkylation sites (tertiary alicyclic amines) is 1. The molecule has 2 fully saturated rings. The molecule has 0 radical (unpaired) electrons. The Kier molecular flexibility index (Phi) is 10.5. The Morgan fingerprint density at radius 3 is 2.21 bits per heavy atom. The summed E-state index contributed by atoms with van der Waals surface area (Å²) in [5.41, 5.74) is 0.421. The maximum absolute atomic E-state index is 13.6. The normalized spacial score (nSPS) is 22.0. The van der Waals surface area contributed by atoms with E-state index in [4.69, 9.17) is 16.3 Å². The average molecular weight is 612 g/mol. The number of rotatable bonds is 8. The summed E-state index contributed by atoms with van der Waals surface area (Å²) in [4.78, 5) is 28.4. The number of hydrogen-bond acceptors (Lipinski definition) is 7. The Labute approximate surface area is 250 Å². The molecule has 2 aliphatic rings. The molecule has 0 aliphatic carbocycles. The molecule has 3 atom stereocenters. The first-order valence-electron chi connectivity index (χ1n) is 14.8. The number of amides is 1. The number of carbonyl (C=O) groups is 1. The van der Waals surface area contributed by atoms with Crippen molar-refractivity contribution >= 4 is 29.3 Å². The van der Waals surface area contributed by atoms with Gasteiger partial charge in [-0.15, -0.1) is 0 Å². The number of aliphatic hydroxyl groups is 1. The third kappa shape index (κ3) is 7.78. The molecule has 1 unspecified atom stereocenters. The summed E-state index contributed by atoms with van der Waals surface area (Å²) in [7, 11) is 0. The molecule has 1 N–H and O–H groups in total. The van der Waals surface area contributed by atoms with Gasteiger partial charge in [-0.25, -0.2) is 14.8 Å². The van der Waals surface area contributed by atoms with Gasteiger partial charge in [-0.3, -0.25) is 0 Å². The monoisotopic (exact) mass is 611 g/mol. The van der Waals surface area contributed by atoms with Gasteiger partial charge in [-0.05, 0) is 76.1 Å². The van der Waals surface area contributed by atoms with Crippen molar-refractivity contribution in [2.24, 2.45) is 0 Å². The molecular formula is C30H41ClF3N5O3. The van der Waals surface area contributed by atoms with E-state index in [1.165, 1.54) is 0 Å². The molecule has 0 saturated carbocycles. The number of hydrogen-bond donors (Lipinski definition) is 1. The van der Waals surface area contributed by atoms with Crippen LogP contribution in [0.1, 0.15) is 77.3 Å². The Morgan fingerprint density at radius 2 is 1.69 bits per heavy atom. The Morgan fingerprint density at radius 1 is 1.10 bits per heavy atom. The van der Waals surface area contributed by atoms with Gasteiger partial charge in [0.2, 0.25) is 5.95 Å². The minimum absolute atomic E-state index is 0.00690. The van der Waals surface area contributed by atoms with Crippen molar-refractivity contribution in [2.75, 3.05) is 22.9 Å². The molecule has 2 saturated heterocycles. The van der Waals surface area contributed by atoms with Crippen LogP contribution in [0.25, 0.3) is 0 Å². The molecule has 42 heavy (non-hydrogen) atoms. The second-order valence-electron chi connectivity index (χ2n) is 11.5. The molecule has 0 spiro atoms. The summed E-state index contributed by atoms with van der Waals surface area (Å²) in [6.07, 6.45) is 1.93. The van der Waals surface area contributed by atoms with Gasteiger partial charge < -0.3 is 24.5 Å². The lowest BCUT2D eigenvalue weighted by atomic mass is 9.87. The Bertz CT molecular complexity index is 1180. The summed E-state index contributed by atoms with van der Waals surface area (Å²) < 4.78 is 46.5. The first-order valence-corrected chi connectivity index (χ1v) is 15.1. The smallest absolute Gasteiger partial charge is 0.416 e. The lowest BCUT2D eigenvalue weighted by molar-refractivity contribution is -0.137. The molecule has 8 nitrogen and oxygen atoms in total. The van der Waals surface area contributed by atoms with Crippen LogP contribution in [0.4, 0.5) is 29.6 Å². The van der Waals surface area contributed by atoms with Crippen LogP contribution in [0.5, 0.6) is 0 Å². The molecule has 232 valence electrons. The molecule has 2 aliphatic heterocycles. The second kappa shape index (κ2) is 13.7. The molecule has 1 amide bonds. The fraction of sp³-hybridized carbons (Fsp3) is 0.633. The highest BCUT2D eigenvalue weighted by Gasteiger charge is 2.41. The quantitative estimate of drug-likeness (QED) is 0.356. The predicted molar refractivity (Wildman–Crippen MR) is 157 cm³/mol. The zero-order valence-corrected chi connectivity index (χ0v) is 25.4. The van der Waals surface area contributed by atoms with Gasteiger partial charge >= 0.3 is 12.3 Å². The number of anilines is 2. The van der Waals surface area contributed by atoms with Crippen LogP contribution >= 0.6 is 11.6 Å². The number of piperidine rings is 2. The van der Waals surface area contributed by atoms with E-state index in [0.717, 1.165) is 17.8 Å². The van der Waals surface area contributed by atoms with Gasteiger partial charge in [0, 0.05) is 42.8 Å². The third-order valence-corrected chi connectivity index (χ3v) is 8.37. The molecule has 1 aromatic heterocycles. The van der Waals surface area contributed by atoms with Gasteiger partial charge in [-0.2, -0.15) is 13.2 Å². The lowest BCUT2D eigenvalue weighted by Crippen LogP contribution is -2.57. The minimum atomic E-state index is -4.53. The highest BCUT2D eigenvalue weighted by Crippen LogP contribution is 2.36. The van der Waals surface area contributed by atoms with Crippen molar-refractivity contribution in [3.8, 4) is 0 Å².